The summed E-state index contributed by atoms with van der Waals surface area (Å²) < 4.78 is 5.49. The zero-order valence-corrected chi connectivity index (χ0v) is 11.1. The van der Waals surface area contributed by atoms with Gasteiger partial charge in [0.25, 0.3) is 0 Å². The van der Waals surface area contributed by atoms with Crippen molar-refractivity contribution in [1.29, 1.82) is 0 Å². The summed E-state index contributed by atoms with van der Waals surface area (Å²) in [6, 6.07) is 11.3. The molecule has 2 atom stereocenters. The Bertz CT molecular complexity index is 618. The van der Waals surface area contributed by atoms with Gasteiger partial charge in [0.2, 0.25) is 0 Å². The third-order valence-electron chi connectivity index (χ3n) is 4.74. The highest BCUT2D eigenvalue weighted by atomic mass is 16.5. The average molecular weight is 253 g/mol. The second kappa shape index (κ2) is 4.32. The third kappa shape index (κ3) is 1.71. The van der Waals surface area contributed by atoms with Crippen molar-refractivity contribution in [3.05, 3.63) is 47.0 Å². The highest BCUT2D eigenvalue weighted by Crippen LogP contribution is 2.37. The summed E-state index contributed by atoms with van der Waals surface area (Å²) in [5, 5.41) is 2.83. The van der Waals surface area contributed by atoms with E-state index < -0.39 is 0 Å². The molecule has 98 valence electrons. The Morgan fingerprint density at radius 3 is 2.74 bits per heavy atom. The number of benzene rings is 2. The lowest BCUT2D eigenvalue weighted by Gasteiger charge is -2.20. The van der Waals surface area contributed by atoms with Gasteiger partial charge >= 0.3 is 0 Å². The summed E-state index contributed by atoms with van der Waals surface area (Å²) >= 11 is 0. The summed E-state index contributed by atoms with van der Waals surface area (Å²) in [7, 11) is 0. The van der Waals surface area contributed by atoms with Crippen molar-refractivity contribution in [2.45, 2.75) is 25.3 Å². The molecule has 1 heterocycles. The van der Waals surface area contributed by atoms with Gasteiger partial charge in [-0.25, -0.2) is 0 Å². The molecule has 2 nitrogen and oxygen atoms in total. The Balaban J connectivity index is 1.87. The first-order valence-electron chi connectivity index (χ1n) is 7.21. The molecule has 0 aromatic heterocycles. The van der Waals surface area contributed by atoms with E-state index in [1.54, 1.807) is 0 Å². The number of hydrogen-bond acceptors (Lipinski definition) is 2. The van der Waals surface area contributed by atoms with Crippen LogP contribution in [0.1, 0.15) is 29.2 Å². The highest BCUT2D eigenvalue weighted by molar-refractivity contribution is 5.93. The number of rotatable bonds is 2. The van der Waals surface area contributed by atoms with E-state index in [0.717, 1.165) is 19.6 Å². The SMILES string of the molecule is NC(c1ccc2c3c(cccc13)CC2)C1CCOC1. The van der Waals surface area contributed by atoms with Gasteiger partial charge in [-0.3, -0.25) is 0 Å². The van der Waals surface area contributed by atoms with Gasteiger partial charge in [-0.2, -0.15) is 0 Å². The molecular weight excluding hydrogens is 234 g/mol. The molecule has 2 aliphatic rings. The van der Waals surface area contributed by atoms with Crippen molar-refractivity contribution < 1.29 is 4.74 Å². The Hall–Kier alpha value is -1.38. The highest BCUT2D eigenvalue weighted by Gasteiger charge is 2.26. The largest absolute Gasteiger partial charge is 0.381 e. The van der Waals surface area contributed by atoms with Gasteiger partial charge in [-0.05, 0) is 46.7 Å². The molecule has 2 aromatic rings. The zero-order valence-electron chi connectivity index (χ0n) is 11.1. The minimum absolute atomic E-state index is 0.104. The normalized spacial score (nSPS) is 23.1. The van der Waals surface area contributed by atoms with Crippen LogP contribution in [0.4, 0.5) is 0 Å². The van der Waals surface area contributed by atoms with Crippen LogP contribution in [0.5, 0.6) is 0 Å². The molecule has 0 saturated carbocycles. The van der Waals surface area contributed by atoms with Crippen LogP contribution in [0.3, 0.4) is 0 Å². The number of hydrogen-bond donors (Lipinski definition) is 1. The van der Waals surface area contributed by atoms with Crippen LogP contribution in [0.25, 0.3) is 10.8 Å². The summed E-state index contributed by atoms with van der Waals surface area (Å²) in [6.07, 6.45) is 3.44. The molecule has 1 aliphatic heterocycles. The minimum atomic E-state index is 0.104. The topological polar surface area (TPSA) is 35.2 Å². The van der Waals surface area contributed by atoms with Crippen molar-refractivity contribution in [3.8, 4) is 0 Å². The molecule has 1 saturated heterocycles. The van der Waals surface area contributed by atoms with Crippen molar-refractivity contribution in [2.24, 2.45) is 11.7 Å². The van der Waals surface area contributed by atoms with Crippen molar-refractivity contribution in [3.63, 3.8) is 0 Å². The Morgan fingerprint density at radius 2 is 1.95 bits per heavy atom. The summed E-state index contributed by atoms with van der Waals surface area (Å²) in [6.45, 7) is 1.67. The molecule has 1 fully saturated rings. The number of aryl methyl sites for hydroxylation is 2. The lowest BCUT2D eigenvalue weighted by molar-refractivity contribution is 0.181. The predicted molar refractivity (Wildman–Crippen MR) is 77.2 cm³/mol. The Labute approximate surface area is 113 Å². The van der Waals surface area contributed by atoms with E-state index in [0.29, 0.717) is 5.92 Å². The molecule has 1 aliphatic carbocycles. The molecule has 2 unspecified atom stereocenters. The van der Waals surface area contributed by atoms with Crippen molar-refractivity contribution >= 4 is 10.8 Å². The predicted octanol–water partition coefficient (Wildman–Crippen LogP) is 2.97. The van der Waals surface area contributed by atoms with E-state index in [-0.39, 0.29) is 6.04 Å². The van der Waals surface area contributed by atoms with Crippen LogP contribution in [0.15, 0.2) is 30.3 Å². The molecule has 19 heavy (non-hydrogen) atoms. The first kappa shape index (κ1) is 11.4. The van der Waals surface area contributed by atoms with Crippen LogP contribution in [0.2, 0.25) is 0 Å². The van der Waals surface area contributed by atoms with Crippen molar-refractivity contribution in [1.82, 2.24) is 0 Å². The third-order valence-corrected chi connectivity index (χ3v) is 4.74. The average Bonchev–Trinajstić information content (AvgIpc) is 3.09. The van der Waals surface area contributed by atoms with E-state index in [9.17, 15) is 0 Å². The second-order valence-corrected chi connectivity index (χ2v) is 5.80. The first-order chi connectivity index (χ1) is 9.34. The maximum atomic E-state index is 6.51. The summed E-state index contributed by atoms with van der Waals surface area (Å²) in [4.78, 5) is 0. The fourth-order valence-corrected chi connectivity index (χ4v) is 3.65. The van der Waals surface area contributed by atoms with Crippen LogP contribution in [0, 0.1) is 5.92 Å². The summed E-state index contributed by atoms with van der Waals surface area (Å²) in [5.41, 5.74) is 10.8. The van der Waals surface area contributed by atoms with Gasteiger partial charge in [0.1, 0.15) is 0 Å². The van der Waals surface area contributed by atoms with Crippen LogP contribution in [-0.4, -0.2) is 13.2 Å². The molecule has 4 rings (SSSR count). The first-order valence-corrected chi connectivity index (χ1v) is 7.21. The standard InChI is InChI=1S/C17H19NO/c18-17(13-8-9-19-10-13)15-7-6-12-5-4-11-2-1-3-14(15)16(11)12/h1-3,6-7,13,17H,4-5,8-10,18H2. The fraction of sp³-hybridized carbons (Fsp3) is 0.412. The van der Waals surface area contributed by atoms with Gasteiger partial charge < -0.3 is 10.5 Å². The summed E-state index contributed by atoms with van der Waals surface area (Å²) in [5.74, 6) is 0.471. The van der Waals surface area contributed by atoms with Crippen molar-refractivity contribution in [2.75, 3.05) is 13.2 Å². The van der Waals surface area contributed by atoms with E-state index >= 15 is 0 Å². The minimum Gasteiger partial charge on any atom is -0.381 e. The Kier molecular flexibility index (Phi) is 2.61. The lowest BCUT2D eigenvalue weighted by Crippen LogP contribution is -2.21. The maximum Gasteiger partial charge on any atom is 0.0513 e. The van der Waals surface area contributed by atoms with Gasteiger partial charge in [0.15, 0.2) is 0 Å². The maximum absolute atomic E-state index is 6.51. The molecule has 0 amide bonds. The fourth-order valence-electron chi connectivity index (χ4n) is 3.65. The molecule has 0 radical (unpaired) electrons. The van der Waals surface area contributed by atoms with Gasteiger partial charge in [-0.15, -0.1) is 0 Å². The number of ether oxygens (including phenoxy) is 1. The van der Waals surface area contributed by atoms with E-state index in [4.69, 9.17) is 10.5 Å². The van der Waals surface area contributed by atoms with Crippen LogP contribution >= 0.6 is 0 Å². The smallest absolute Gasteiger partial charge is 0.0513 e. The second-order valence-electron chi connectivity index (χ2n) is 5.80. The molecule has 0 bridgehead atoms. The number of nitrogens with two attached hydrogens (primary N) is 1. The van der Waals surface area contributed by atoms with Gasteiger partial charge in [-0.1, -0.05) is 30.3 Å². The van der Waals surface area contributed by atoms with Gasteiger partial charge in [0.05, 0.1) is 6.61 Å². The molecule has 2 N–H and O–H groups in total. The Morgan fingerprint density at radius 1 is 1.11 bits per heavy atom. The van der Waals surface area contributed by atoms with E-state index in [1.165, 1.54) is 40.3 Å². The van der Waals surface area contributed by atoms with Crippen LogP contribution in [-0.2, 0) is 17.6 Å². The molecule has 2 aromatic carbocycles. The molecule has 0 spiro atoms. The monoisotopic (exact) mass is 253 g/mol. The molecule has 2 heteroatoms. The lowest BCUT2D eigenvalue weighted by atomic mass is 9.88. The van der Waals surface area contributed by atoms with E-state index in [2.05, 4.69) is 30.3 Å². The van der Waals surface area contributed by atoms with E-state index in [1.807, 2.05) is 0 Å². The molecular formula is C17H19NO. The zero-order chi connectivity index (χ0) is 12.8. The van der Waals surface area contributed by atoms with Gasteiger partial charge in [0, 0.05) is 18.6 Å². The van der Waals surface area contributed by atoms with Crippen LogP contribution < -0.4 is 5.73 Å². The quantitative estimate of drug-likeness (QED) is 0.893.